The van der Waals surface area contributed by atoms with Gasteiger partial charge in [0, 0.05) is 29.2 Å². The Bertz CT molecular complexity index is 1220. The first-order valence-corrected chi connectivity index (χ1v) is 11.3. The average molecular weight is 449 g/mol. The largest absolute Gasteiger partial charge is 0.505 e. The van der Waals surface area contributed by atoms with Crippen molar-refractivity contribution in [3.63, 3.8) is 0 Å². The summed E-state index contributed by atoms with van der Waals surface area (Å²) < 4.78 is 14.3. The van der Waals surface area contributed by atoms with Crippen LogP contribution in [0.15, 0.2) is 52.6 Å². The molecule has 1 fully saturated rings. The predicted molar refractivity (Wildman–Crippen MR) is 116 cm³/mol. The number of carbonyl (C=O) groups is 4. The first kappa shape index (κ1) is 21.5. The van der Waals surface area contributed by atoms with Crippen LogP contribution in [0.5, 0.6) is 5.75 Å². The molecule has 5 rings (SSSR count). The first-order chi connectivity index (χ1) is 15.7. The van der Waals surface area contributed by atoms with Crippen LogP contribution in [0, 0.1) is 23.6 Å². The highest BCUT2D eigenvalue weighted by Crippen LogP contribution is 2.55. The van der Waals surface area contributed by atoms with Crippen LogP contribution in [-0.2, 0) is 19.2 Å². The maximum absolute atomic E-state index is 14.3. The maximum atomic E-state index is 14.3. The molecule has 1 heterocycles. The van der Waals surface area contributed by atoms with Gasteiger partial charge in [0.15, 0.2) is 23.1 Å². The third kappa shape index (κ3) is 3.05. The number of likely N-dealkylation sites (tertiary alicyclic amines) is 1. The Morgan fingerprint density at radius 3 is 2.58 bits per heavy atom. The van der Waals surface area contributed by atoms with E-state index in [-0.39, 0.29) is 29.8 Å². The summed E-state index contributed by atoms with van der Waals surface area (Å²) in [6.45, 7) is 3.84. The molecule has 1 aliphatic heterocycles. The minimum atomic E-state index is -0.825. The fourth-order valence-electron chi connectivity index (χ4n) is 5.97. The van der Waals surface area contributed by atoms with Crippen molar-refractivity contribution >= 4 is 23.4 Å². The number of benzene rings is 1. The highest BCUT2D eigenvalue weighted by molar-refractivity contribution is 6.23. The molecule has 1 aromatic rings. The molecule has 0 radical (unpaired) electrons. The van der Waals surface area contributed by atoms with E-state index in [0.717, 1.165) is 5.57 Å². The Morgan fingerprint density at radius 2 is 1.88 bits per heavy atom. The molecule has 170 valence electrons. The molecule has 7 heteroatoms. The van der Waals surface area contributed by atoms with Gasteiger partial charge in [0.25, 0.3) is 0 Å². The molecule has 1 aromatic carbocycles. The molecule has 0 unspecified atom stereocenters. The molecule has 6 nitrogen and oxygen atoms in total. The zero-order chi connectivity index (χ0) is 23.6. The average Bonchev–Trinajstić information content (AvgIpc) is 3.03. The number of ketones is 2. The van der Waals surface area contributed by atoms with Gasteiger partial charge in [0.1, 0.15) is 0 Å². The van der Waals surface area contributed by atoms with Gasteiger partial charge in [0.05, 0.1) is 11.8 Å². The molecule has 0 saturated carbocycles. The summed E-state index contributed by atoms with van der Waals surface area (Å²) in [5, 5.41) is 9.68. The Kier molecular flexibility index (Phi) is 4.96. The standard InChI is InChI=1S/C26H24FNO5/c1-3-8-28-25(32)15-6-5-14-16(22(15)26(28)33)11-17-23(20(30)9-12(2)24(17)31)21(14)13-4-7-19(29)18(27)10-13/h4-5,7,9-10,15-16,21-22,29H,3,6,8,11H2,1-2H3/t15-,16+,21-,22-/m0/s1. The molecule has 33 heavy (non-hydrogen) atoms. The summed E-state index contributed by atoms with van der Waals surface area (Å²) in [6.07, 6.45) is 4.43. The van der Waals surface area contributed by atoms with Gasteiger partial charge in [-0.1, -0.05) is 24.6 Å². The molecular weight excluding hydrogens is 425 g/mol. The van der Waals surface area contributed by atoms with E-state index < -0.39 is 35.2 Å². The van der Waals surface area contributed by atoms with Crippen molar-refractivity contribution < 1.29 is 28.7 Å². The van der Waals surface area contributed by atoms with Crippen molar-refractivity contribution in [2.75, 3.05) is 6.54 Å². The second kappa shape index (κ2) is 7.61. The normalized spacial score (nSPS) is 29.0. The summed E-state index contributed by atoms with van der Waals surface area (Å²) in [4.78, 5) is 53.8. The van der Waals surface area contributed by atoms with Gasteiger partial charge in [-0.15, -0.1) is 0 Å². The Morgan fingerprint density at radius 1 is 1.12 bits per heavy atom. The number of allylic oxidation sites excluding steroid dienone is 6. The van der Waals surface area contributed by atoms with E-state index in [0.29, 0.717) is 41.7 Å². The molecule has 0 aromatic heterocycles. The lowest BCUT2D eigenvalue weighted by molar-refractivity contribution is -0.140. The molecule has 0 bridgehead atoms. The van der Waals surface area contributed by atoms with E-state index in [1.807, 2.05) is 13.0 Å². The van der Waals surface area contributed by atoms with E-state index in [9.17, 15) is 28.7 Å². The van der Waals surface area contributed by atoms with Crippen molar-refractivity contribution in [2.24, 2.45) is 17.8 Å². The van der Waals surface area contributed by atoms with Crippen molar-refractivity contribution in [2.45, 2.75) is 39.0 Å². The molecule has 2 amide bonds. The number of carbonyl (C=O) groups excluding carboxylic acids is 4. The Balaban J connectivity index is 1.68. The molecule has 0 spiro atoms. The minimum absolute atomic E-state index is 0.184. The fourth-order valence-corrected chi connectivity index (χ4v) is 5.97. The molecule has 1 saturated heterocycles. The van der Waals surface area contributed by atoms with Crippen molar-refractivity contribution in [1.82, 2.24) is 4.90 Å². The number of amides is 2. The number of rotatable bonds is 3. The number of hydrogen-bond acceptors (Lipinski definition) is 5. The second-order valence-electron chi connectivity index (χ2n) is 9.27. The summed E-state index contributed by atoms with van der Waals surface area (Å²) in [7, 11) is 0. The van der Waals surface area contributed by atoms with Crippen LogP contribution in [0.2, 0.25) is 0 Å². The van der Waals surface area contributed by atoms with Gasteiger partial charge in [-0.3, -0.25) is 24.1 Å². The van der Waals surface area contributed by atoms with Crippen LogP contribution >= 0.6 is 0 Å². The van der Waals surface area contributed by atoms with Crippen molar-refractivity contribution in [3.8, 4) is 5.75 Å². The van der Waals surface area contributed by atoms with Crippen LogP contribution in [0.1, 0.15) is 44.6 Å². The van der Waals surface area contributed by atoms with Crippen molar-refractivity contribution in [3.05, 3.63) is 64.0 Å². The number of imide groups is 1. The van der Waals surface area contributed by atoms with Gasteiger partial charge in [-0.25, -0.2) is 4.39 Å². The number of halogens is 1. The van der Waals surface area contributed by atoms with Gasteiger partial charge >= 0.3 is 0 Å². The number of aromatic hydroxyl groups is 1. The van der Waals surface area contributed by atoms with Gasteiger partial charge in [0.2, 0.25) is 11.8 Å². The van der Waals surface area contributed by atoms with E-state index in [1.165, 1.54) is 29.2 Å². The fraction of sp³-hybridized carbons (Fsp3) is 0.385. The van der Waals surface area contributed by atoms with E-state index in [4.69, 9.17) is 0 Å². The van der Waals surface area contributed by atoms with E-state index in [2.05, 4.69) is 0 Å². The zero-order valence-corrected chi connectivity index (χ0v) is 18.4. The third-order valence-electron chi connectivity index (χ3n) is 7.41. The summed E-state index contributed by atoms with van der Waals surface area (Å²) in [5.74, 6) is -4.52. The Labute approximate surface area is 190 Å². The quantitative estimate of drug-likeness (QED) is 0.434. The van der Waals surface area contributed by atoms with Crippen LogP contribution in [0.4, 0.5) is 4.39 Å². The van der Waals surface area contributed by atoms with Crippen LogP contribution in [0.3, 0.4) is 0 Å². The van der Waals surface area contributed by atoms with Crippen molar-refractivity contribution in [1.29, 1.82) is 0 Å². The number of nitrogens with zero attached hydrogens (tertiary/aromatic N) is 1. The number of fused-ring (bicyclic) bond motifs is 3. The lowest BCUT2D eigenvalue weighted by Crippen LogP contribution is -2.39. The summed E-state index contributed by atoms with van der Waals surface area (Å²) in [5.41, 5.74) is 2.18. The third-order valence-corrected chi connectivity index (χ3v) is 7.41. The monoisotopic (exact) mass is 449 g/mol. The van der Waals surface area contributed by atoms with Crippen LogP contribution in [0.25, 0.3) is 0 Å². The summed E-state index contributed by atoms with van der Waals surface area (Å²) >= 11 is 0. The zero-order valence-electron chi connectivity index (χ0n) is 18.4. The first-order valence-electron chi connectivity index (χ1n) is 11.3. The highest BCUT2D eigenvalue weighted by Gasteiger charge is 2.56. The minimum Gasteiger partial charge on any atom is -0.505 e. The molecule has 3 aliphatic carbocycles. The smallest absolute Gasteiger partial charge is 0.233 e. The highest BCUT2D eigenvalue weighted by atomic mass is 19.1. The SMILES string of the molecule is CCCN1C(=O)[C@H]2[C@H](CC=C3[C@H](c4ccc(O)c(F)c4)C4=C(C[C@H]32)C(=O)C(C)=CC4=O)C1=O. The number of phenolic OH excluding ortho intramolecular Hbond substituents is 1. The molecule has 1 N–H and O–H groups in total. The molecule has 4 atom stereocenters. The second-order valence-corrected chi connectivity index (χ2v) is 9.27. The topological polar surface area (TPSA) is 91.8 Å². The molecular formula is C26H24FNO5. The molecule has 4 aliphatic rings. The van der Waals surface area contributed by atoms with E-state index >= 15 is 0 Å². The maximum Gasteiger partial charge on any atom is 0.233 e. The van der Waals surface area contributed by atoms with Crippen LogP contribution < -0.4 is 0 Å². The number of Topliss-reactive ketones (excluding diaryl/α,β-unsaturated/α-hetero) is 1. The lowest BCUT2D eigenvalue weighted by Gasteiger charge is -2.42. The van der Waals surface area contributed by atoms with Gasteiger partial charge in [-0.05, 0) is 55.9 Å². The number of hydrogen-bond donors (Lipinski definition) is 1. The lowest BCUT2D eigenvalue weighted by atomic mass is 9.59. The number of phenols is 1. The van der Waals surface area contributed by atoms with Gasteiger partial charge < -0.3 is 5.11 Å². The Hall–Kier alpha value is -3.35. The van der Waals surface area contributed by atoms with E-state index in [1.54, 1.807) is 6.92 Å². The van der Waals surface area contributed by atoms with Gasteiger partial charge in [-0.2, -0.15) is 0 Å². The predicted octanol–water partition coefficient (Wildman–Crippen LogP) is 3.37. The van der Waals surface area contributed by atoms with Crippen LogP contribution in [-0.4, -0.2) is 39.9 Å². The summed E-state index contributed by atoms with van der Waals surface area (Å²) in [6, 6.07) is 3.94.